The number of nitrogens with one attached hydrogen (secondary N) is 3. The number of aryl methyl sites for hydroxylation is 1. The highest BCUT2D eigenvalue weighted by Crippen LogP contribution is 2.20. The summed E-state index contributed by atoms with van der Waals surface area (Å²) in [4.78, 5) is 0.0885. The van der Waals surface area contributed by atoms with Crippen LogP contribution in [0.3, 0.4) is 0 Å². The van der Waals surface area contributed by atoms with Crippen LogP contribution in [-0.4, -0.2) is 13.5 Å². The summed E-state index contributed by atoms with van der Waals surface area (Å²) in [5.74, 6) is -0.340. The van der Waals surface area contributed by atoms with Gasteiger partial charge >= 0.3 is 0 Å². The summed E-state index contributed by atoms with van der Waals surface area (Å²) >= 11 is 5.23. The molecule has 0 aliphatic heterocycles. The molecule has 0 amide bonds. The van der Waals surface area contributed by atoms with Gasteiger partial charge in [0.25, 0.3) is 10.0 Å². The fourth-order valence-corrected chi connectivity index (χ4v) is 3.77. The van der Waals surface area contributed by atoms with Crippen LogP contribution in [0.15, 0.2) is 77.7 Å². The van der Waals surface area contributed by atoms with E-state index in [1.54, 1.807) is 61.5 Å². The van der Waals surface area contributed by atoms with Crippen LogP contribution in [0.5, 0.6) is 0 Å². The van der Waals surface area contributed by atoms with Crippen molar-refractivity contribution in [2.75, 3.05) is 15.4 Å². The summed E-state index contributed by atoms with van der Waals surface area (Å²) in [6, 6.07) is 19.6. The van der Waals surface area contributed by atoms with E-state index in [0.717, 1.165) is 0 Å². The number of thiocarbonyl (C=S) groups is 1. The molecule has 0 fully saturated rings. The highest BCUT2D eigenvalue weighted by Gasteiger charge is 2.15. The van der Waals surface area contributed by atoms with Crippen molar-refractivity contribution in [1.82, 2.24) is 0 Å². The van der Waals surface area contributed by atoms with E-state index in [0.29, 0.717) is 22.6 Å². The average molecular weight is 416 g/mol. The van der Waals surface area contributed by atoms with Gasteiger partial charge in [0.1, 0.15) is 5.82 Å². The predicted octanol–water partition coefficient (Wildman–Crippen LogP) is 4.74. The first-order chi connectivity index (χ1) is 13.3. The lowest BCUT2D eigenvalue weighted by atomic mass is 10.2. The van der Waals surface area contributed by atoms with Crippen molar-refractivity contribution in [3.8, 4) is 0 Å². The van der Waals surface area contributed by atoms with Gasteiger partial charge in [-0.15, -0.1) is 0 Å². The third kappa shape index (κ3) is 5.05. The number of halogens is 1. The molecule has 0 radical (unpaired) electrons. The molecule has 28 heavy (non-hydrogen) atoms. The van der Waals surface area contributed by atoms with Crippen LogP contribution < -0.4 is 15.4 Å². The summed E-state index contributed by atoms with van der Waals surface area (Å²) in [5, 5.41) is 5.99. The molecule has 0 spiro atoms. The first kappa shape index (κ1) is 19.8. The van der Waals surface area contributed by atoms with Crippen molar-refractivity contribution in [3.63, 3.8) is 0 Å². The third-order valence-electron chi connectivity index (χ3n) is 3.86. The summed E-state index contributed by atoms with van der Waals surface area (Å²) < 4.78 is 41.3. The van der Waals surface area contributed by atoms with E-state index in [1.165, 1.54) is 18.2 Å². The number of hydrogen-bond donors (Lipinski definition) is 3. The normalized spacial score (nSPS) is 10.9. The van der Waals surface area contributed by atoms with Gasteiger partial charge in [0.2, 0.25) is 0 Å². The van der Waals surface area contributed by atoms with Crippen molar-refractivity contribution in [1.29, 1.82) is 0 Å². The molecule has 0 unspecified atom stereocenters. The lowest BCUT2D eigenvalue weighted by molar-refractivity contribution is 0.601. The summed E-state index contributed by atoms with van der Waals surface area (Å²) in [6.45, 7) is 1.67. The number of anilines is 3. The quantitative estimate of drug-likeness (QED) is 0.525. The molecular weight excluding hydrogens is 397 g/mol. The minimum Gasteiger partial charge on any atom is -0.332 e. The van der Waals surface area contributed by atoms with E-state index < -0.39 is 10.0 Å². The van der Waals surface area contributed by atoms with Crippen LogP contribution >= 0.6 is 12.2 Å². The van der Waals surface area contributed by atoms with E-state index in [2.05, 4.69) is 15.4 Å². The second-order valence-electron chi connectivity index (χ2n) is 6.04. The Morgan fingerprint density at radius 3 is 2.18 bits per heavy atom. The first-order valence-corrected chi connectivity index (χ1v) is 10.2. The Morgan fingerprint density at radius 1 is 0.857 bits per heavy atom. The lowest BCUT2D eigenvalue weighted by Crippen LogP contribution is -2.19. The molecule has 0 aliphatic carbocycles. The zero-order chi connectivity index (χ0) is 20.1. The molecule has 0 saturated heterocycles. The van der Waals surface area contributed by atoms with Crippen molar-refractivity contribution < 1.29 is 12.8 Å². The Kier molecular flexibility index (Phi) is 5.91. The first-order valence-electron chi connectivity index (χ1n) is 8.35. The van der Waals surface area contributed by atoms with Crippen LogP contribution in [0, 0.1) is 12.7 Å². The second kappa shape index (κ2) is 8.37. The van der Waals surface area contributed by atoms with Crippen molar-refractivity contribution in [2.45, 2.75) is 11.8 Å². The second-order valence-corrected chi connectivity index (χ2v) is 8.13. The van der Waals surface area contributed by atoms with Gasteiger partial charge in [0.15, 0.2) is 5.11 Å². The number of hydrogen-bond acceptors (Lipinski definition) is 3. The van der Waals surface area contributed by atoms with Gasteiger partial charge < -0.3 is 10.6 Å². The Labute approximate surface area is 168 Å². The predicted molar refractivity (Wildman–Crippen MR) is 115 cm³/mol. The zero-order valence-electron chi connectivity index (χ0n) is 14.9. The Bertz CT molecular complexity index is 1100. The molecule has 0 bridgehead atoms. The van der Waals surface area contributed by atoms with Gasteiger partial charge in [-0.2, -0.15) is 0 Å². The SMILES string of the molecule is Cc1ccc(NC(=S)Nc2cccc(S(=O)(=O)Nc3ccccc3)c2)cc1F. The van der Waals surface area contributed by atoms with Crippen LogP contribution in [0.1, 0.15) is 5.56 Å². The van der Waals surface area contributed by atoms with Gasteiger partial charge in [-0.05, 0) is 67.2 Å². The maximum atomic E-state index is 13.6. The highest BCUT2D eigenvalue weighted by atomic mass is 32.2. The molecule has 3 rings (SSSR count). The average Bonchev–Trinajstić information content (AvgIpc) is 2.65. The molecule has 0 aliphatic rings. The molecular formula is C20H18FN3O2S2. The molecule has 5 nitrogen and oxygen atoms in total. The standard InChI is InChI=1S/C20H18FN3O2S2/c1-14-10-11-17(13-19(14)21)23-20(27)22-16-8-5-9-18(12-16)28(25,26)24-15-6-3-2-4-7-15/h2-13,24H,1H3,(H2,22,23,27). The van der Waals surface area contributed by atoms with Crippen molar-refractivity contribution in [3.05, 3.63) is 84.2 Å². The van der Waals surface area contributed by atoms with Crippen LogP contribution in [0.4, 0.5) is 21.5 Å². The fourth-order valence-electron chi connectivity index (χ4n) is 2.43. The van der Waals surface area contributed by atoms with Gasteiger partial charge in [-0.1, -0.05) is 30.3 Å². The van der Waals surface area contributed by atoms with Gasteiger partial charge in [-0.25, -0.2) is 12.8 Å². The number of benzene rings is 3. The smallest absolute Gasteiger partial charge is 0.261 e. The van der Waals surface area contributed by atoms with Gasteiger partial charge in [0, 0.05) is 17.1 Å². The molecule has 0 atom stereocenters. The molecule has 0 aromatic heterocycles. The van der Waals surface area contributed by atoms with Crippen LogP contribution in [0.2, 0.25) is 0 Å². The monoisotopic (exact) mass is 415 g/mol. The van der Waals surface area contributed by atoms with E-state index in [9.17, 15) is 12.8 Å². The summed E-state index contributed by atoms with van der Waals surface area (Å²) in [7, 11) is -3.74. The lowest BCUT2D eigenvalue weighted by Gasteiger charge is -2.13. The Balaban J connectivity index is 1.72. The van der Waals surface area contributed by atoms with Gasteiger partial charge in [0.05, 0.1) is 4.90 Å². The minimum atomic E-state index is -3.74. The topological polar surface area (TPSA) is 70.2 Å². The van der Waals surface area contributed by atoms with Crippen molar-refractivity contribution >= 4 is 44.4 Å². The van der Waals surface area contributed by atoms with E-state index in [4.69, 9.17) is 12.2 Å². The van der Waals surface area contributed by atoms with Crippen molar-refractivity contribution in [2.24, 2.45) is 0 Å². The van der Waals surface area contributed by atoms with E-state index in [-0.39, 0.29) is 15.8 Å². The highest BCUT2D eigenvalue weighted by molar-refractivity contribution is 7.92. The largest absolute Gasteiger partial charge is 0.332 e. The summed E-state index contributed by atoms with van der Waals surface area (Å²) in [6.07, 6.45) is 0. The fraction of sp³-hybridized carbons (Fsp3) is 0.0500. The zero-order valence-corrected chi connectivity index (χ0v) is 16.6. The molecule has 0 saturated carbocycles. The maximum Gasteiger partial charge on any atom is 0.261 e. The molecule has 0 heterocycles. The third-order valence-corrected chi connectivity index (χ3v) is 5.44. The molecule has 8 heteroatoms. The molecule has 3 N–H and O–H groups in total. The molecule has 3 aromatic carbocycles. The van der Waals surface area contributed by atoms with Crippen LogP contribution in [-0.2, 0) is 10.0 Å². The molecule has 3 aromatic rings. The number of para-hydroxylation sites is 1. The van der Waals surface area contributed by atoms with E-state index >= 15 is 0 Å². The number of sulfonamides is 1. The maximum absolute atomic E-state index is 13.6. The van der Waals surface area contributed by atoms with E-state index in [1.807, 2.05) is 0 Å². The summed E-state index contributed by atoms with van der Waals surface area (Å²) in [5.41, 5.74) is 1.99. The Hall–Kier alpha value is -2.97. The number of rotatable bonds is 5. The Morgan fingerprint density at radius 2 is 1.50 bits per heavy atom. The molecule has 144 valence electrons. The minimum absolute atomic E-state index is 0.0885. The van der Waals surface area contributed by atoms with Crippen LogP contribution in [0.25, 0.3) is 0 Å². The van der Waals surface area contributed by atoms with Gasteiger partial charge in [-0.3, -0.25) is 4.72 Å².